The molecule has 35 heavy (non-hydrogen) atoms. The van der Waals surface area contributed by atoms with Crippen molar-refractivity contribution in [2.24, 2.45) is 0 Å². The number of aromatic nitrogens is 3. The summed E-state index contributed by atoms with van der Waals surface area (Å²) >= 11 is 0. The number of imidazole rings is 1. The third-order valence-electron chi connectivity index (χ3n) is 7.20. The number of aromatic amines is 1. The second-order valence-corrected chi connectivity index (χ2v) is 13.2. The summed E-state index contributed by atoms with van der Waals surface area (Å²) in [6.07, 6.45) is 3.60. The average Bonchev–Trinajstić information content (AvgIpc) is 3.20. The molecule has 6 heteroatoms. The number of hydrogen-bond donors (Lipinski definition) is 1. The molecule has 1 fully saturated rings. The first kappa shape index (κ1) is 22.0. The summed E-state index contributed by atoms with van der Waals surface area (Å²) in [5.41, 5.74) is 2.61. The zero-order valence-electron chi connectivity index (χ0n) is 19.4. The Labute approximate surface area is 204 Å². The summed E-state index contributed by atoms with van der Waals surface area (Å²) in [5.74, 6) is 0. The molecule has 5 aromatic rings. The Morgan fingerprint density at radius 3 is 1.89 bits per heavy atom. The van der Waals surface area contributed by atoms with Crippen LogP contribution in [0.5, 0.6) is 0 Å². The summed E-state index contributed by atoms with van der Waals surface area (Å²) in [6.45, 7) is 1.16. The van der Waals surface area contributed by atoms with Crippen LogP contribution in [-0.2, 0) is 11.2 Å². The van der Waals surface area contributed by atoms with Crippen molar-refractivity contribution in [1.29, 1.82) is 0 Å². The third kappa shape index (κ3) is 3.91. The van der Waals surface area contributed by atoms with E-state index in [1.807, 2.05) is 4.57 Å². The van der Waals surface area contributed by atoms with Crippen LogP contribution in [0, 0.1) is 0 Å². The molecule has 6 rings (SSSR count). The second kappa shape index (κ2) is 9.26. The number of hydrogen-bond acceptors (Lipinski definition) is 3. The van der Waals surface area contributed by atoms with Gasteiger partial charge in [0.2, 0.25) is 0 Å². The number of fused-ring (bicyclic) bond motifs is 1. The minimum absolute atomic E-state index is 0.0890. The molecule has 0 radical (unpaired) electrons. The maximum absolute atomic E-state index is 12.6. The van der Waals surface area contributed by atoms with Gasteiger partial charge in [0, 0.05) is 0 Å². The zero-order chi connectivity index (χ0) is 23.7. The van der Waals surface area contributed by atoms with Gasteiger partial charge >= 0.3 is 205 Å². The molecule has 5 nitrogen and oxygen atoms in total. The van der Waals surface area contributed by atoms with Crippen LogP contribution in [0.2, 0.25) is 0 Å². The van der Waals surface area contributed by atoms with E-state index in [2.05, 4.69) is 102 Å². The fourth-order valence-corrected chi connectivity index (χ4v) is 10.1. The van der Waals surface area contributed by atoms with Crippen molar-refractivity contribution in [3.05, 3.63) is 119 Å². The van der Waals surface area contributed by atoms with Gasteiger partial charge < -0.3 is 0 Å². The van der Waals surface area contributed by atoms with E-state index in [-0.39, 0.29) is 11.7 Å². The van der Waals surface area contributed by atoms with Crippen LogP contribution in [0.1, 0.15) is 11.7 Å². The predicted octanol–water partition coefficient (Wildman–Crippen LogP) is 3.56. The molecule has 0 amide bonds. The molecule has 0 saturated carbocycles. The van der Waals surface area contributed by atoms with Gasteiger partial charge in [0.1, 0.15) is 0 Å². The van der Waals surface area contributed by atoms with Crippen molar-refractivity contribution in [2.45, 2.75) is 12.5 Å². The first-order valence-corrected chi connectivity index (χ1v) is 14.3. The number of nitrogens with one attached hydrogen (secondary N) is 1. The van der Waals surface area contributed by atoms with E-state index >= 15 is 0 Å². The molecular weight excluding hydrogens is 453 g/mol. The van der Waals surface area contributed by atoms with Crippen LogP contribution < -0.4 is 21.6 Å². The van der Waals surface area contributed by atoms with Gasteiger partial charge in [-0.1, -0.05) is 0 Å². The van der Waals surface area contributed by atoms with E-state index in [0.29, 0.717) is 13.2 Å². The van der Waals surface area contributed by atoms with Crippen molar-refractivity contribution in [3.8, 4) is 0 Å². The van der Waals surface area contributed by atoms with Crippen LogP contribution in [0.3, 0.4) is 0 Å². The molecule has 1 saturated heterocycles. The molecule has 0 spiro atoms. The van der Waals surface area contributed by atoms with Crippen molar-refractivity contribution in [2.75, 3.05) is 19.4 Å². The van der Waals surface area contributed by atoms with Gasteiger partial charge in [-0.3, -0.25) is 0 Å². The molecule has 1 N–H and O–H groups in total. The van der Waals surface area contributed by atoms with Gasteiger partial charge in [-0.05, 0) is 0 Å². The monoisotopic (exact) mass is 481 g/mol. The van der Waals surface area contributed by atoms with Crippen molar-refractivity contribution < 1.29 is 4.74 Å². The van der Waals surface area contributed by atoms with E-state index in [9.17, 15) is 4.79 Å². The molecule has 1 aliphatic rings. The number of nitrogens with zero attached hydrogens (tertiary/aromatic N) is 2. The van der Waals surface area contributed by atoms with E-state index < -0.39 is 7.26 Å². The Kier molecular flexibility index (Phi) is 5.81. The molecule has 2 aromatic heterocycles. The number of ether oxygens (including phenoxy) is 1. The standard InChI is InChI=1S/C29H28N3O2P/c33-29-31-27-19-30-22(18-28(27)32(29)23-20-34-21-23)16-17-35(24-10-4-1-5-11-24,25-12-6-2-7-13-25)26-14-8-3-9-15-26/h1-15,18-19,23,35H,16-17,20-21H2,(H,31,33). The molecule has 0 atom stereocenters. The fourth-order valence-electron chi connectivity index (χ4n) is 5.36. The quantitative estimate of drug-likeness (QED) is 0.362. The summed E-state index contributed by atoms with van der Waals surface area (Å²) in [4.78, 5) is 20.3. The Morgan fingerprint density at radius 1 is 0.857 bits per heavy atom. The maximum atomic E-state index is 12.6. The fraction of sp³-hybridized carbons (Fsp3) is 0.172. The molecule has 0 bridgehead atoms. The average molecular weight is 482 g/mol. The van der Waals surface area contributed by atoms with Crippen LogP contribution >= 0.6 is 7.26 Å². The van der Waals surface area contributed by atoms with Crippen LogP contribution in [-0.4, -0.2) is 33.9 Å². The first-order valence-electron chi connectivity index (χ1n) is 12.1. The minimum atomic E-state index is -2.34. The zero-order valence-corrected chi connectivity index (χ0v) is 20.4. The number of rotatable bonds is 7. The summed E-state index contributed by atoms with van der Waals surface area (Å²) in [5, 5.41) is 4.18. The normalized spacial score (nSPS) is 14.6. The molecule has 0 unspecified atom stereocenters. The number of benzene rings is 3. The SMILES string of the molecule is O=c1[nH]c2cnc(CC[PH](c3ccccc3)(c3ccccc3)c3ccccc3)cc2n1C1COC1. The Balaban J connectivity index is 1.45. The Bertz CT molecular complexity index is 1400. The Morgan fingerprint density at radius 2 is 1.40 bits per heavy atom. The molecule has 1 aliphatic heterocycles. The van der Waals surface area contributed by atoms with Gasteiger partial charge in [0.15, 0.2) is 0 Å². The number of aryl methyl sites for hydroxylation is 1. The number of H-pyrrole nitrogens is 1. The van der Waals surface area contributed by atoms with E-state index in [0.717, 1.165) is 29.3 Å². The van der Waals surface area contributed by atoms with E-state index in [4.69, 9.17) is 9.72 Å². The molecule has 0 aliphatic carbocycles. The first-order chi connectivity index (χ1) is 17.3. The summed E-state index contributed by atoms with van der Waals surface area (Å²) in [6, 6.07) is 35.0. The summed E-state index contributed by atoms with van der Waals surface area (Å²) < 4.78 is 7.18. The molecule has 3 aromatic carbocycles. The molecule has 3 heterocycles. The van der Waals surface area contributed by atoms with E-state index in [1.165, 1.54) is 15.9 Å². The van der Waals surface area contributed by atoms with Crippen LogP contribution in [0.25, 0.3) is 11.0 Å². The van der Waals surface area contributed by atoms with E-state index in [1.54, 1.807) is 6.20 Å². The van der Waals surface area contributed by atoms with Crippen LogP contribution in [0.4, 0.5) is 0 Å². The molecular formula is C29H28N3O2P. The van der Waals surface area contributed by atoms with Gasteiger partial charge in [-0.15, -0.1) is 0 Å². The van der Waals surface area contributed by atoms with Gasteiger partial charge in [0.05, 0.1) is 0 Å². The van der Waals surface area contributed by atoms with Crippen LogP contribution in [0.15, 0.2) is 108 Å². The molecule has 176 valence electrons. The number of pyridine rings is 1. The van der Waals surface area contributed by atoms with Crippen molar-refractivity contribution in [3.63, 3.8) is 0 Å². The predicted molar refractivity (Wildman–Crippen MR) is 145 cm³/mol. The van der Waals surface area contributed by atoms with Gasteiger partial charge in [-0.25, -0.2) is 0 Å². The van der Waals surface area contributed by atoms with Crippen molar-refractivity contribution >= 4 is 34.2 Å². The van der Waals surface area contributed by atoms with Gasteiger partial charge in [0.25, 0.3) is 0 Å². The topological polar surface area (TPSA) is 59.9 Å². The van der Waals surface area contributed by atoms with Crippen molar-refractivity contribution in [1.82, 2.24) is 14.5 Å². The Hall–Kier alpha value is -3.53. The van der Waals surface area contributed by atoms with Gasteiger partial charge in [-0.2, -0.15) is 0 Å². The summed E-state index contributed by atoms with van der Waals surface area (Å²) in [7, 11) is -2.34. The third-order valence-corrected chi connectivity index (χ3v) is 12.2. The second-order valence-electron chi connectivity index (χ2n) is 9.19.